The number of hydrogen-bond donors (Lipinski definition) is 3. The molecule has 1 aromatic carbocycles. The summed E-state index contributed by atoms with van der Waals surface area (Å²) in [5.74, 6) is 1.01. The number of nitrogens with two attached hydrogens (primary N) is 2. The Morgan fingerprint density at radius 1 is 1.12 bits per heavy atom. The summed E-state index contributed by atoms with van der Waals surface area (Å²) in [5, 5.41) is 10.1. The summed E-state index contributed by atoms with van der Waals surface area (Å²) in [6.45, 7) is 1.47. The fourth-order valence-corrected chi connectivity index (χ4v) is 5.18. The van der Waals surface area contributed by atoms with Crippen LogP contribution in [-0.4, -0.2) is 38.1 Å². The number of aliphatic hydroxyl groups excluding tert-OH is 1. The van der Waals surface area contributed by atoms with Crippen molar-refractivity contribution < 1.29 is 5.11 Å². The number of hydrogen-bond acceptors (Lipinski definition) is 8. The number of nitrogen functional groups attached to an aromatic ring is 1. The van der Waals surface area contributed by atoms with E-state index in [4.69, 9.17) is 23.1 Å². The molecule has 3 heterocycles. The molecule has 170 valence electrons. The summed E-state index contributed by atoms with van der Waals surface area (Å²) >= 11 is 5.75. The SMILES string of the molecule is Nc1nc(Cl)ncc1/C=C\c1cnc(N2CCC3(CC2)Cc2ccccc2[C@H]3N)c(CO)n1. The maximum Gasteiger partial charge on any atom is 0.224 e. The van der Waals surface area contributed by atoms with Gasteiger partial charge in [-0.25, -0.2) is 19.9 Å². The van der Waals surface area contributed by atoms with Crippen LogP contribution in [0.25, 0.3) is 12.2 Å². The van der Waals surface area contributed by atoms with Gasteiger partial charge in [0.1, 0.15) is 11.5 Å². The molecule has 0 saturated carbocycles. The largest absolute Gasteiger partial charge is 0.390 e. The first kappa shape index (κ1) is 21.8. The molecule has 1 atom stereocenters. The van der Waals surface area contributed by atoms with Crippen LogP contribution in [0, 0.1) is 5.41 Å². The van der Waals surface area contributed by atoms with E-state index < -0.39 is 0 Å². The fourth-order valence-electron chi connectivity index (χ4n) is 5.04. The van der Waals surface area contributed by atoms with E-state index in [9.17, 15) is 5.11 Å². The maximum atomic E-state index is 9.97. The van der Waals surface area contributed by atoms with Crippen molar-refractivity contribution in [3.05, 3.63) is 70.0 Å². The van der Waals surface area contributed by atoms with Gasteiger partial charge in [-0.2, -0.15) is 0 Å². The van der Waals surface area contributed by atoms with Crippen molar-refractivity contribution in [2.45, 2.75) is 31.9 Å². The third-order valence-corrected chi connectivity index (χ3v) is 7.08. The lowest BCUT2D eigenvalue weighted by Crippen LogP contribution is -2.45. The van der Waals surface area contributed by atoms with Gasteiger partial charge in [-0.1, -0.05) is 24.3 Å². The summed E-state index contributed by atoms with van der Waals surface area (Å²) in [5.41, 5.74) is 17.1. The van der Waals surface area contributed by atoms with E-state index in [1.54, 1.807) is 24.5 Å². The van der Waals surface area contributed by atoms with Crippen molar-refractivity contribution in [2.75, 3.05) is 23.7 Å². The van der Waals surface area contributed by atoms with Crippen LogP contribution >= 0.6 is 11.6 Å². The average molecular weight is 464 g/mol. The Morgan fingerprint density at radius 2 is 1.91 bits per heavy atom. The zero-order valence-corrected chi connectivity index (χ0v) is 18.9. The van der Waals surface area contributed by atoms with Gasteiger partial charge in [-0.15, -0.1) is 0 Å². The first-order valence-electron chi connectivity index (χ1n) is 11.0. The second-order valence-electron chi connectivity index (χ2n) is 8.74. The van der Waals surface area contributed by atoms with Gasteiger partial charge in [0.05, 0.1) is 18.5 Å². The highest BCUT2D eigenvalue weighted by molar-refractivity contribution is 6.28. The van der Waals surface area contributed by atoms with Gasteiger partial charge in [-0.05, 0) is 59.6 Å². The van der Waals surface area contributed by atoms with Gasteiger partial charge in [0, 0.05) is 30.9 Å². The van der Waals surface area contributed by atoms with Crippen LogP contribution in [0.4, 0.5) is 11.6 Å². The molecule has 5 rings (SSSR count). The highest BCUT2D eigenvalue weighted by Gasteiger charge is 2.46. The second-order valence-corrected chi connectivity index (χ2v) is 9.08. The molecular weight excluding hydrogens is 438 g/mol. The minimum atomic E-state index is -0.192. The van der Waals surface area contributed by atoms with E-state index in [0.717, 1.165) is 38.2 Å². The van der Waals surface area contributed by atoms with Crippen LogP contribution in [0.5, 0.6) is 0 Å². The number of aromatic nitrogens is 4. The lowest BCUT2D eigenvalue weighted by molar-refractivity contribution is 0.186. The first-order chi connectivity index (χ1) is 16.0. The van der Waals surface area contributed by atoms with Gasteiger partial charge >= 0.3 is 0 Å². The number of anilines is 2. The van der Waals surface area contributed by atoms with Crippen molar-refractivity contribution in [3.63, 3.8) is 0 Å². The standard InChI is InChI=1S/C24H26ClN7O/c25-23-29-12-16(21(27)31-23)5-6-17-13-28-22(19(14-33)30-17)32-9-7-24(8-10-32)11-15-3-1-2-4-18(15)20(24)26/h1-6,12-13,20,33H,7-11,14,26H2,(H2,27,29,31)/b6-5-/t20-/m1/s1. The van der Waals surface area contributed by atoms with Crippen molar-refractivity contribution in [1.29, 1.82) is 0 Å². The van der Waals surface area contributed by atoms with E-state index in [1.807, 2.05) is 0 Å². The smallest absolute Gasteiger partial charge is 0.224 e. The van der Waals surface area contributed by atoms with Gasteiger partial charge in [-0.3, -0.25) is 0 Å². The van der Waals surface area contributed by atoms with Crippen LogP contribution in [0.1, 0.15) is 47.0 Å². The van der Waals surface area contributed by atoms with E-state index >= 15 is 0 Å². The molecule has 2 aliphatic rings. The lowest BCUT2D eigenvalue weighted by atomic mass is 9.73. The number of fused-ring (bicyclic) bond motifs is 1. The fraction of sp³-hybridized carbons (Fsp3) is 0.333. The first-order valence-corrected chi connectivity index (χ1v) is 11.4. The zero-order valence-electron chi connectivity index (χ0n) is 18.2. The number of piperidine rings is 1. The van der Waals surface area contributed by atoms with Crippen LogP contribution in [-0.2, 0) is 13.0 Å². The van der Waals surface area contributed by atoms with Crippen molar-refractivity contribution in [3.8, 4) is 0 Å². The molecule has 33 heavy (non-hydrogen) atoms. The van der Waals surface area contributed by atoms with Crippen LogP contribution in [0.15, 0.2) is 36.7 Å². The molecule has 3 aromatic rings. The molecule has 1 fully saturated rings. The molecular formula is C24H26ClN7O. The predicted molar refractivity (Wildman–Crippen MR) is 129 cm³/mol. The molecule has 0 bridgehead atoms. The Kier molecular flexibility index (Phi) is 5.74. The van der Waals surface area contributed by atoms with Crippen molar-refractivity contribution >= 4 is 35.4 Å². The molecule has 1 spiro atoms. The van der Waals surface area contributed by atoms with Crippen LogP contribution < -0.4 is 16.4 Å². The number of aliphatic hydroxyl groups is 1. The molecule has 8 nitrogen and oxygen atoms in total. The van der Waals surface area contributed by atoms with Gasteiger partial charge in [0.2, 0.25) is 5.28 Å². The number of nitrogens with zero attached hydrogens (tertiary/aromatic N) is 5. The average Bonchev–Trinajstić information content (AvgIpc) is 3.10. The van der Waals surface area contributed by atoms with Gasteiger partial charge < -0.3 is 21.5 Å². The molecule has 1 saturated heterocycles. The Balaban J connectivity index is 1.31. The summed E-state index contributed by atoms with van der Waals surface area (Å²) in [6, 6.07) is 8.58. The molecule has 9 heteroatoms. The summed E-state index contributed by atoms with van der Waals surface area (Å²) in [6.07, 6.45) is 9.74. The van der Waals surface area contributed by atoms with E-state index in [1.165, 1.54) is 11.1 Å². The lowest BCUT2D eigenvalue weighted by Gasteiger charge is -2.42. The monoisotopic (exact) mass is 463 g/mol. The highest BCUT2D eigenvalue weighted by Crippen LogP contribution is 2.51. The molecule has 1 aliphatic heterocycles. The van der Waals surface area contributed by atoms with Crippen LogP contribution in [0.3, 0.4) is 0 Å². The molecule has 0 radical (unpaired) electrons. The molecule has 5 N–H and O–H groups in total. The summed E-state index contributed by atoms with van der Waals surface area (Å²) in [4.78, 5) is 19.3. The number of benzene rings is 1. The molecule has 2 aromatic heterocycles. The van der Waals surface area contributed by atoms with E-state index in [2.05, 4.69) is 49.1 Å². The molecule has 1 aliphatic carbocycles. The number of rotatable bonds is 4. The van der Waals surface area contributed by atoms with Gasteiger partial charge in [0.25, 0.3) is 0 Å². The van der Waals surface area contributed by atoms with Gasteiger partial charge in [0.15, 0.2) is 5.82 Å². The summed E-state index contributed by atoms with van der Waals surface area (Å²) < 4.78 is 0. The third kappa shape index (κ3) is 4.06. The maximum absolute atomic E-state index is 9.97. The van der Waals surface area contributed by atoms with Crippen molar-refractivity contribution in [2.24, 2.45) is 11.1 Å². The molecule has 0 amide bonds. The van der Waals surface area contributed by atoms with Crippen LogP contribution in [0.2, 0.25) is 5.28 Å². The minimum absolute atomic E-state index is 0.0658. The molecule has 0 unspecified atom stereocenters. The second kappa shape index (κ2) is 8.70. The third-order valence-electron chi connectivity index (χ3n) is 6.89. The quantitative estimate of drug-likeness (QED) is 0.504. The minimum Gasteiger partial charge on any atom is -0.390 e. The Hall–Kier alpha value is -3.07. The predicted octanol–water partition coefficient (Wildman–Crippen LogP) is 3.01. The summed E-state index contributed by atoms with van der Waals surface area (Å²) in [7, 11) is 0. The number of halogens is 1. The normalized spacial score (nSPS) is 19.4. The Bertz CT molecular complexity index is 1210. The Morgan fingerprint density at radius 3 is 2.64 bits per heavy atom. The van der Waals surface area contributed by atoms with E-state index in [-0.39, 0.29) is 29.2 Å². The van der Waals surface area contributed by atoms with E-state index in [0.29, 0.717) is 17.0 Å². The topological polar surface area (TPSA) is 127 Å². The highest BCUT2D eigenvalue weighted by atomic mass is 35.5. The zero-order chi connectivity index (χ0) is 23.0. The Labute approximate surface area is 197 Å². The van der Waals surface area contributed by atoms with Crippen molar-refractivity contribution in [1.82, 2.24) is 19.9 Å².